The molecule has 0 radical (unpaired) electrons. The molecular weight excluding hydrogens is 176 g/mol. The zero-order valence-corrected chi connectivity index (χ0v) is 8.57. The number of methoxy groups -OCH3 is 1. The molecule has 1 aromatic heterocycles. The molecule has 0 saturated heterocycles. The minimum absolute atomic E-state index is 0.786. The molecule has 0 atom stereocenters. The fourth-order valence-corrected chi connectivity index (χ4v) is 1.90. The summed E-state index contributed by atoms with van der Waals surface area (Å²) in [5.41, 5.74) is 2.52. The summed E-state index contributed by atoms with van der Waals surface area (Å²) >= 11 is 0. The first kappa shape index (κ1) is 9.46. The third-order valence-corrected chi connectivity index (χ3v) is 2.61. The lowest BCUT2D eigenvalue weighted by Crippen LogP contribution is -2.32. The average Bonchev–Trinajstić information content (AvgIpc) is 2.26. The van der Waals surface area contributed by atoms with Gasteiger partial charge in [-0.15, -0.1) is 0 Å². The van der Waals surface area contributed by atoms with Crippen LogP contribution in [-0.4, -0.2) is 31.8 Å². The molecule has 1 aliphatic rings. The van der Waals surface area contributed by atoms with Crippen molar-refractivity contribution in [3.63, 3.8) is 0 Å². The van der Waals surface area contributed by atoms with Gasteiger partial charge in [-0.05, 0) is 25.0 Å². The van der Waals surface area contributed by atoms with Gasteiger partial charge in [0.25, 0.3) is 0 Å². The molecule has 3 heteroatoms. The Bertz CT molecular complexity index is 301. The van der Waals surface area contributed by atoms with Crippen LogP contribution in [0.1, 0.15) is 12.1 Å². The number of rotatable bonds is 3. The SMILES string of the molecule is COCCN1CCCc2ncccc21. The van der Waals surface area contributed by atoms with E-state index in [4.69, 9.17) is 4.74 Å². The first-order valence-corrected chi connectivity index (χ1v) is 5.09. The van der Waals surface area contributed by atoms with E-state index in [0.29, 0.717) is 0 Å². The Morgan fingerprint density at radius 2 is 2.50 bits per heavy atom. The van der Waals surface area contributed by atoms with Crippen LogP contribution < -0.4 is 4.90 Å². The van der Waals surface area contributed by atoms with Crippen molar-refractivity contribution >= 4 is 5.69 Å². The van der Waals surface area contributed by atoms with Crippen LogP contribution in [0.25, 0.3) is 0 Å². The first-order valence-electron chi connectivity index (χ1n) is 5.09. The van der Waals surface area contributed by atoms with Gasteiger partial charge in [-0.25, -0.2) is 0 Å². The number of nitrogens with zero attached hydrogens (tertiary/aromatic N) is 2. The van der Waals surface area contributed by atoms with E-state index < -0.39 is 0 Å². The second-order valence-corrected chi connectivity index (χ2v) is 3.55. The van der Waals surface area contributed by atoms with Crippen molar-refractivity contribution in [2.75, 3.05) is 31.7 Å². The standard InChI is InChI=1S/C11H16N2O/c1-14-9-8-13-7-3-4-10-11(13)5-2-6-12-10/h2,5-6H,3-4,7-9H2,1H3. The van der Waals surface area contributed by atoms with Crippen molar-refractivity contribution in [2.45, 2.75) is 12.8 Å². The summed E-state index contributed by atoms with van der Waals surface area (Å²) in [5.74, 6) is 0. The molecule has 0 amide bonds. The number of hydrogen-bond acceptors (Lipinski definition) is 3. The maximum atomic E-state index is 5.10. The Hall–Kier alpha value is -1.09. The van der Waals surface area contributed by atoms with Crippen molar-refractivity contribution < 1.29 is 4.74 Å². The predicted octanol–water partition coefficient (Wildman–Crippen LogP) is 1.48. The van der Waals surface area contributed by atoms with Crippen molar-refractivity contribution in [2.24, 2.45) is 0 Å². The van der Waals surface area contributed by atoms with Gasteiger partial charge in [0, 0.05) is 26.4 Å². The van der Waals surface area contributed by atoms with Gasteiger partial charge in [0.15, 0.2) is 0 Å². The maximum Gasteiger partial charge on any atom is 0.0637 e. The number of anilines is 1. The molecule has 14 heavy (non-hydrogen) atoms. The van der Waals surface area contributed by atoms with Gasteiger partial charge in [0.2, 0.25) is 0 Å². The van der Waals surface area contributed by atoms with Gasteiger partial charge in [0.05, 0.1) is 18.0 Å². The molecule has 0 saturated carbocycles. The summed E-state index contributed by atoms with van der Waals surface area (Å²) < 4.78 is 5.10. The minimum atomic E-state index is 0.786. The second-order valence-electron chi connectivity index (χ2n) is 3.55. The van der Waals surface area contributed by atoms with Gasteiger partial charge in [-0.3, -0.25) is 4.98 Å². The van der Waals surface area contributed by atoms with E-state index in [1.807, 2.05) is 12.3 Å². The molecule has 0 aliphatic carbocycles. The number of pyridine rings is 1. The first-order chi connectivity index (χ1) is 6.92. The van der Waals surface area contributed by atoms with Crippen LogP contribution in [0.3, 0.4) is 0 Å². The molecule has 2 heterocycles. The Kier molecular flexibility index (Phi) is 2.99. The van der Waals surface area contributed by atoms with Gasteiger partial charge < -0.3 is 9.64 Å². The van der Waals surface area contributed by atoms with E-state index >= 15 is 0 Å². The highest BCUT2D eigenvalue weighted by Gasteiger charge is 2.16. The highest BCUT2D eigenvalue weighted by molar-refractivity contribution is 5.52. The highest BCUT2D eigenvalue weighted by Crippen LogP contribution is 2.24. The van der Waals surface area contributed by atoms with Crippen LogP contribution in [0.5, 0.6) is 0 Å². The third-order valence-electron chi connectivity index (χ3n) is 2.61. The summed E-state index contributed by atoms with van der Waals surface area (Å²) in [4.78, 5) is 6.75. The molecular formula is C11H16N2O. The van der Waals surface area contributed by atoms with Crippen LogP contribution in [0.15, 0.2) is 18.3 Å². The Labute approximate surface area is 84.7 Å². The van der Waals surface area contributed by atoms with E-state index in [-0.39, 0.29) is 0 Å². The molecule has 76 valence electrons. The molecule has 0 bridgehead atoms. The van der Waals surface area contributed by atoms with Gasteiger partial charge in [-0.2, -0.15) is 0 Å². The van der Waals surface area contributed by atoms with E-state index in [1.54, 1.807) is 7.11 Å². The summed E-state index contributed by atoms with van der Waals surface area (Å²) in [6.07, 6.45) is 4.19. The second kappa shape index (κ2) is 4.42. The van der Waals surface area contributed by atoms with Crippen LogP contribution in [0, 0.1) is 0 Å². The van der Waals surface area contributed by atoms with E-state index in [2.05, 4.69) is 16.0 Å². The van der Waals surface area contributed by atoms with Crippen molar-refractivity contribution in [1.82, 2.24) is 4.98 Å². The van der Waals surface area contributed by atoms with Crippen molar-refractivity contribution in [1.29, 1.82) is 0 Å². The third kappa shape index (κ3) is 1.87. The average molecular weight is 192 g/mol. The minimum Gasteiger partial charge on any atom is -0.383 e. The predicted molar refractivity (Wildman–Crippen MR) is 56.6 cm³/mol. The lowest BCUT2D eigenvalue weighted by atomic mass is 10.1. The van der Waals surface area contributed by atoms with Gasteiger partial charge in [0.1, 0.15) is 0 Å². The largest absolute Gasteiger partial charge is 0.383 e. The van der Waals surface area contributed by atoms with Crippen molar-refractivity contribution in [3.05, 3.63) is 24.0 Å². The fraction of sp³-hybridized carbons (Fsp3) is 0.545. The summed E-state index contributed by atoms with van der Waals surface area (Å²) in [5, 5.41) is 0. The van der Waals surface area contributed by atoms with E-state index in [9.17, 15) is 0 Å². The lowest BCUT2D eigenvalue weighted by Gasteiger charge is -2.30. The quantitative estimate of drug-likeness (QED) is 0.725. The summed E-state index contributed by atoms with van der Waals surface area (Å²) in [7, 11) is 1.74. The van der Waals surface area contributed by atoms with Crippen LogP contribution in [0.4, 0.5) is 5.69 Å². The molecule has 0 N–H and O–H groups in total. The molecule has 3 nitrogen and oxygen atoms in total. The zero-order valence-electron chi connectivity index (χ0n) is 8.57. The van der Waals surface area contributed by atoms with Crippen LogP contribution >= 0.6 is 0 Å². The van der Waals surface area contributed by atoms with E-state index in [0.717, 1.165) is 26.1 Å². The Morgan fingerprint density at radius 1 is 1.57 bits per heavy atom. The number of aryl methyl sites for hydroxylation is 1. The molecule has 1 aromatic rings. The zero-order chi connectivity index (χ0) is 9.80. The van der Waals surface area contributed by atoms with Gasteiger partial charge >= 0.3 is 0 Å². The molecule has 0 unspecified atom stereocenters. The lowest BCUT2D eigenvalue weighted by molar-refractivity contribution is 0.205. The number of aromatic nitrogens is 1. The molecule has 0 fully saturated rings. The molecule has 2 rings (SSSR count). The molecule has 0 spiro atoms. The van der Waals surface area contributed by atoms with Crippen LogP contribution in [-0.2, 0) is 11.2 Å². The number of fused-ring (bicyclic) bond motifs is 1. The highest BCUT2D eigenvalue weighted by atomic mass is 16.5. The Balaban J connectivity index is 2.14. The maximum absolute atomic E-state index is 5.10. The van der Waals surface area contributed by atoms with E-state index in [1.165, 1.54) is 17.8 Å². The topological polar surface area (TPSA) is 25.4 Å². The normalized spacial score (nSPS) is 15.4. The number of ether oxygens (including phenoxy) is 1. The van der Waals surface area contributed by atoms with Crippen molar-refractivity contribution in [3.8, 4) is 0 Å². The monoisotopic (exact) mass is 192 g/mol. The smallest absolute Gasteiger partial charge is 0.0637 e. The fourth-order valence-electron chi connectivity index (χ4n) is 1.90. The summed E-state index contributed by atoms with van der Waals surface area (Å²) in [6, 6.07) is 4.15. The molecule has 1 aliphatic heterocycles. The number of hydrogen-bond donors (Lipinski definition) is 0. The summed E-state index contributed by atoms with van der Waals surface area (Å²) in [6.45, 7) is 2.88. The van der Waals surface area contributed by atoms with Crippen LogP contribution in [0.2, 0.25) is 0 Å². The Morgan fingerprint density at radius 3 is 3.36 bits per heavy atom. The van der Waals surface area contributed by atoms with Gasteiger partial charge in [-0.1, -0.05) is 0 Å². The molecule has 0 aromatic carbocycles.